The topological polar surface area (TPSA) is 92.8 Å². The predicted molar refractivity (Wildman–Crippen MR) is 126 cm³/mol. The zero-order chi connectivity index (χ0) is 23.5. The fourth-order valence-electron chi connectivity index (χ4n) is 3.83. The van der Waals surface area contributed by atoms with E-state index in [2.05, 4.69) is 28.5 Å². The molecule has 0 saturated carbocycles. The number of thiophene rings is 1. The number of hydrogen-bond donors (Lipinski definition) is 1. The summed E-state index contributed by atoms with van der Waals surface area (Å²) >= 11 is 2.78. The van der Waals surface area contributed by atoms with Gasteiger partial charge < -0.3 is 14.6 Å². The summed E-state index contributed by atoms with van der Waals surface area (Å²) in [6.45, 7) is 4.04. The SMILES string of the molecule is CC1CCc2c(sc(NC(=O)CSc3nnc(C(C)Oc4ccc(F)cc4)n3C)c2C#N)C1. The van der Waals surface area contributed by atoms with Crippen LogP contribution >= 0.6 is 23.1 Å². The van der Waals surface area contributed by atoms with Crippen molar-refractivity contribution in [3.05, 3.63) is 51.9 Å². The molecule has 4 rings (SSSR count). The molecule has 10 heteroatoms. The van der Waals surface area contributed by atoms with Crippen LogP contribution in [0.3, 0.4) is 0 Å². The van der Waals surface area contributed by atoms with Crippen LogP contribution in [0.15, 0.2) is 29.4 Å². The number of carbonyl (C=O) groups excluding carboxylic acids is 1. The molecule has 7 nitrogen and oxygen atoms in total. The second-order valence-corrected chi connectivity index (χ2v) is 10.2. The van der Waals surface area contributed by atoms with Crippen LogP contribution in [0.4, 0.5) is 9.39 Å². The van der Waals surface area contributed by atoms with Gasteiger partial charge in [0.05, 0.1) is 11.3 Å². The van der Waals surface area contributed by atoms with Crippen molar-refractivity contribution in [2.75, 3.05) is 11.1 Å². The Hall–Kier alpha value is -2.90. The third-order valence-corrected chi connectivity index (χ3v) is 7.76. The van der Waals surface area contributed by atoms with E-state index in [-0.39, 0.29) is 17.5 Å². The molecule has 0 fully saturated rings. The van der Waals surface area contributed by atoms with Crippen molar-refractivity contribution in [2.45, 2.75) is 44.4 Å². The second-order valence-electron chi connectivity index (χ2n) is 8.12. The number of anilines is 1. The third kappa shape index (κ3) is 5.20. The van der Waals surface area contributed by atoms with Crippen molar-refractivity contribution in [1.29, 1.82) is 5.26 Å². The maximum absolute atomic E-state index is 13.1. The third-order valence-electron chi connectivity index (χ3n) is 5.57. The lowest BCUT2D eigenvalue weighted by atomic mass is 9.89. The molecule has 33 heavy (non-hydrogen) atoms. The lowest BCUT2D eigenvalue weighted by Crippen LogP contribution is -2.15. The minimum atomic E-state index is -0.408. The van der Waals surface area contributed by atoms with Gasteiger partial charge in [-0.05, 0) is 61.9 Å². The van der Waals surface area contributed by atoms with Gasteiger partial charge in [-0.2, -0.15) is 5.26 Å². The molecule has 0 aliphatic heterocycles. The monoisotopic (exact) mass is 485 g/mol. The van der Waals surface area contributed by atoms with Crippen LogP contribution in [0.25, 0.3) is 0 Å². The highest BCUT2D eigenvalue weighted by atomic mass is 32.2. The smallest absolute Gasteiger partial charge is 0.235 e. The predicted octanol–water partition coefficient (Wildman–Crippen LogP) is 4.88. The molecule has 1 aliphatic carbocycles. The average molecular weight is 486 g/mol. The van der Waals surface area contributed by atoms with Crippen LogP contribution in [0, 0.1) is 23.1 Å². The number of aromatic nitrogens is 3. The minimum absolute atomic E-state index is 0.142. The van der Waals surface area contributed by atoms with Crippen molar-refractivity contribution in [3.8, 4) is 11.8 Å². The maximum atomic E-state index is 13.1. The molecule has 172 valence electrons. The quantitative estimate of drug-likeness (QED) is 0.480. The molecule has 1 aliphatic rings. The number of carbonyl (C=O) groups is 1. The van der Waals surface area contributed by atoms with E-state index in [0.717, 1.165) is 24.8 Å². The van der Waals surface area contributed by atoms with E-state index in [4.69, 9.17) is 4.74 Å². The summed E-state index contributed by atoms with van der Waals surface area (Å²) in [5.41, 5.74) is 1.70. The minimum Gasteiger partial charge on any atom is -0.483 e. The molecule has 0 bridgehead atoms. The van der Waals surface area contributed by atoms with E-state index in [1.54, 1.807) is 16.7 Å². The van der Waals surface area contributed by atoms with Gasteiger partial charge in [-0.15, -0.1) is 21.5 Å². The van der Waals surface area contributed by atoms with Crippen LogP contribution in [0.2, 0.25) is 0 Å². The first-order chi connectivity index (χ1) is 15.9. The molecule has 1 amide bonds. The molecule has 0 radical (unpaired) electrons. The molecule has 0 saturated heterocycles. The summed E-state index contributed by atoms with van der Waals surface area (Å²) in [5, 5.41) is 22.1. The standard InChI is InChI=1S/C23H24FN5O2S2/c1-13-4-9-17-18(11-25)22(33-19(17)10-13)26-20(30)12-32-23-28-27-21(29(23)3)14(2)31-16-7-5-15(24)6-8-16/h5-8,13-14H,4,9-10,12H2,1-3H3,(H,26,30). The molecular formula is C23H24FN5O2S2. The number of ether oxygens (including phenoxy) is 1. The molecule has 1 aromatic carbocycles. The normalized spacial score (nSPS) is 16.0. The Morgan fingerprint density at radius 2 is 2.18 bits per heavy atom. The van der Waals surface area contributed by atoms with Crippen LogP contribution in [0.5, 0.6) is 5.75 Å². The van der Waals surface area contributed by atoms with E-state index in [1.807, 2.05) is 14.0 Å². The number of rotatable bonds is 7. The summed E-state index contributed by atoms with van der Waals surface area (Å²) in [4.78, 5) is 13.8. The molecule has 2 heterocycles. The van der Waals surface area contributed by atoms with E-state index < -0.39 is 6.10 Å². The number of amides is 1. The summed E-state index contributed by atoms with van der Waals surface area (Å²) in [6, 6.07) is 8.05. The zero-order valence-electron chi connectivity index (χ0n) is 18.6. The highest BCUT2D eigenvalue weighted by Gasteiger charge is 2.25. The van der Waals surface area contributed by atoms with Crippen molar-refractivity contribution < 1.29 is 13.9 Å². The van der Waals surface area contributed by atoms with Crippen LogP contribution in [-0.4, -0.2) is 26.4 Å². The first kappa shape index (κ1) is 23.3. The van der Waals surface area contributed by atoms with E-state index in [9.17, 15) is 14.4 Å². The average Bonchev–Trinajstić information content (AvgIpc) is 3.32. The number of hydrogen-bond acceptors (Lipinski definition) is 7. The number of nitrogens with one attached hydrogen (secondary N) is 1. The largest absolute Gasteiger partial charge is 0.483 e. The Morgan fingerprint density at radius 1 is 1.42 bits per heavy atom. The van der Waals surface area contributed by atoms with E-state index >= 15 is 0 Å². The lowest BCUT2D eigenvalue weighted by Gasteiger charge is -2.17. The van der Waals surface area contributed by atoms with E-state index in [1.165, 1.54) is 40.1 Å². The second kappa shape index (κ2) is 9.93. The fourth-order valence-corrected chi connectivity index (χ4v) is 5.92. The van der Waals surface area contributed by atoms with Crippen molar-refractivity contribution in [2.24, 2.45) is 13.0 Å². The van der Waals surface area contributed by atoms with Crippen molar-refractivity contribution in [1.82, 2.24) is 14.8 Å². The highest BCUT2D eigenvalue weighted by Crippen LogP contribution is 2.39. The summed E-state index contributed by atoms with van der Waals surface area (Å²) in [5.74, 6) is 1.34. The number of halogens is 1. The Morgan fingerprint density at radius 3 is 2.91 bits per heavy atom. The number of benzene rings is 1. The molecule has 0 spiro atoms. The highest BCUT2D eigenvalue weighted by molar-refractivity contribution is 7.99. The number of thioether (sulfide) groups is 1. The number of nitriles is 1. The summed E-state index contributed by atoms with van der Waals surface area (Å²) < 4.78 is 20.7. The Labute approximate surface area is 200 Å². The lowest BCUT2D eigenvalue weighted by molar-refractivity contribution is -0.113. The van der Waals surface area contributed by atoms with E-state index in [0.29, 0.717) is 33.2 Å². The van der Waals surface area contributed by atoms with Gasteiger partial charge in [0.15, 0.2) is 17.1 Å². The van der Waals surface area contributed by atoms with Gasteiger partial charge in [-0.25, -0.2) is 4.39 Å². The van der Waals surface area contributed by atoms with Crippen LogP contribution < -0.4 is 10.1 Å². The Bertz CT molecular complexity index is 1200. The molecule has 3 aromatic rings. The Kier molecular flexibility index (Phi) is 7.00. The first-order valence-corrected chi connectivity index (χ1v) is 12.4. The number of fused-ring (bicyclic) bond motifs is 1. The van der Waals surface area contributed by atoms with Gasteiger partial charge >= 0.3 is 0 Å². The van der Waals surface area contributed by atoms with Gasteiger partial charge in [0.25, 0.3) is 0 Å². The molecule has 2 aromatic heterocycles. The van der Waals surface area contributed by atoms with Gasteiger partial charge in [-0.3, -0.25) is 4.79 Å². The molecule has 2 atom stereocenters. The zero-order valence-corrected chi connectivity index (χ0v) is 20.2. The first-order valence-electron chi connectivity index (χ1n) is 10.6. The molecule has 1 N–H and O–H groups in total. The van der Waals surface area contributed by atoms with Gasteiger partial charge in [0, 0.05) is 11.9 Å². The van der Waals surface area contributed by atoms with Crippen molar-refractivity contribution >= 4 is 34.0 Å². The van der Waals surface area contributed by atoms with Gasteiger partial charge in [0.2, 0.25) is 5.91 Å². The Balaban J connectivity index is 1.37. The molecular weight excluding hydrogens is 461 g/mol. The van der Waals surface area contributed by atoms with Crippen LogP contribution in [-0.2, 0) is 24.7 Å². The number of nitrogens with zero attached hydrogens (tertiary/aromatic N) is 4. The van der Waals surface area contributed by atoms with Crippen molar-refractivity contribution in [3.63, 3.8) is 0 Å². The molecule has 2 unspecified atom stereocenters. The summed E-state index contributed by atoms with van der Waals surface area (Å²) in [6.07, 6.45) is 2.51. The van der Waals surface area contributed by atoms with Gasteiger partial charge in [0.1, 0.15) is 22.6 Å². The summed E-state index contributed by atoms with van der Waals surface area (Å²) in [7, 11) is 1.81. The van der Waals surface area contributed by atoms with Gasteiger partial charge in [-0.1, -0.05) is 18.7 Å². The fraction of sp³-hybridized carbons (Fsp3) is 0.391. The van der Waals surface area contributed by atoms with Crippen LogP contribution in [0.1, 0.15) is 48.2 Å². The maximum Gasteiger partial charge on any atom is 0.235 e.